The highest BCUT2D eigenvalue weighted by Crippen LogP contribution is 2.30. The molecule has 0 spiro atoms. The van der Waals surface area contributed by atoms with Crippen LogP contribution in [0.5, 0.6) is 11.5 Å². The van der Waals surface area contributed by atoms with E-state index in [9.17, 15) is 0 Å². The van der Waals surface area contributed by atoms with Gasteiger partial charge in [0, 0.05) is 19.2 Å². The Kier molecular flexibility index (Phi) is 4.66. The van der Waals surface area contributed by atoms with Gasteiger partial charge in [-0.05, 0) is 30.9 Å². The summed E-state index contributed by atoms with van der Waals surface area (Å²) in [5.41, 5.74) is 0. The van der Waals surface area contributed by atoms with Crippen molar-refractivity contribution in [3.8, 4) is 11.5 Å². The second-order valence-corrected chi connectivity index (χ2v) is 6.28. The summed E-state index contributed by atoms with van der Waals surface area (Å²) in [6, 6.07) is 8.38. The molecule has 21 heavy (non-hydrogen) atoms. The molecule has 116 valence electrons. The molecule has 0 saturated carbocycles. The minimum atomic E-state index is 0.0836. The molecule has 0 bridgehead atoms. The Hall–Kier alpha value is -1.26. The number of hydrogen-bond donors (Lipinski definition) is 1. The van der Waals surface area contributed by atoms with Crippen molar-refractivity contribution in [2.24, 2.45) is 5.92 Å². The van der Waals surface area contributed by atoms with Gasteiger partial charge in [0.25, 0.3) is 0 Å². The lowest BCUT2D eigenvalue weighted by Gasteiger charge is -2.34. The van der Waals surface area contributed by atoms with Gasteiger partial charge in [-0.15, -0.1) is 0 Å². The highest BCUT2D eigenvalue weighted by Gasteiger charge is 2.26. The van der Waals surface area contributed by atoms with Crippen LogP contribution in [0, 0.1) is 5.92 Å². The molecule has 0 aromatic heterocycles. The summed E-state index contributed by atoms with van der Waals surface area (Å²) < 4.78 is 17.5. The SMILES string of the molecule is CC(C)C1CC(NCC2COc3ccccc3O2)CCO1. The van der Waals surface area contributed by atoms with Crippen LogP contribution in [0.25, 0.3) is 0 Å². The number of ether oxygens (including phenoxy) is 3. The molecule has 0 radical (unpaired) electrons. The van der Waals surface area contributed by atoms with E-state index in [1.807, 2.05) is 24.3 Å². The van der Waals surface area contributed by atoms with Gasteiger partial charge >= 0.3 is 0 Å². The second kappa shape index (κ2) is 6.67. The first-order chi connectivity index (χ1) is 10.2. The number of rotatable bonds is 4. The Morgan fingerprint density at radius 2 is 2.05 bits per heavy atom. The van der Waals surface area contributed by atoms with E-state index in [0.717, 1.165) is 37.5 Å². The molecule has 1 saturated heterocycles. The van der Waals surface area contributed by atoms with E-state index < -0.39 is 0 Å². The van der Waals surface area contributed by atoms with E-state index in [4.69, 9.17) is 14.2 Å². The number of para-hydroxylation sites is 2. The maximum Gasteiger partial charge on any atom is 0.161 e. The van der Waals surface area contributed by atoms with Crippen LogP contribution in [0.3, 0.4) is 0 Å². The number of benzene rings is 1. The first kappa shape index (κ1) is 14.7. The Morgan fingerprint density at radius 3 is 2.86 bits per heavy atom. The van der Waals surface area contributed by atoms with E-state index in [0.29, 0.717) is 24.7 Å². The molecule has 2 aliphatic rings. The summed E-state index contributed by atoms with van der Waals surface area (Å²) in [5, 5.41) is 3.62. The Labute approximate surface area is 126 Å². The Morgan fingerprint density at radius 1 is 1.24 bits per heavy atom. The normalized spacial score (nSPS) is 28.6. The second-order valence-electron chi connectivity index (χ2n) is 6.28. The monoisotopic (exact) mass is 291 g/mol. The van der Waals surface area contributed by atoms with Crippen LogP contribution in [0.15, 0.2) is 24.3 Å². The third kappa shape index (κ3) is 3.69. The van der Waals surface area contributed by atoms with E-state index in [2.05, 4.69) is 19.2 Å². The molecule has 1 aromatic carbocycles. The molecular formula is C17H25NO3. The number of fused-ring (bicyclic) bond motifs is 1. The third-order valence-electron chi connectivity index (χ3n) is 4.26. The van der Waals surface area contributed by atoms with Gasteiger partial charge in [0.2, 0.25) is 0 Å². The summed E-state index contributed by atoms with van der Waals surface area (Å²) >= 11 is 0. The van der Waals surface area contributed by atoms with Crippen molar-refractivity contribution in [1.29, 1.82) is 0 Å². The fourth-order valence-electron chi connectivity index (χ4n) is 2.94. The van der Waals surface area contributed by atoms with Gasteiger partial charge in [0.05, 0.1) is 6.10 Å². The Bertz CT molecular complexity index is 463. The van der Waals surface area contributed by atoms with E-state index in [1.165, 1.54) is 0 Å². The maximum atomic E-state index is 5.98. The Balaban J connectivity index is 1.48. The molecule has 1 fully saturated rings. The maximum absolute atomic E-state index is 5.98. The van der Waals surface area contributed by atoms with E-state index >= 15 is 0 Å². The molecule has 0 amide bonds. The van der Waals surface area contributed by atoms with Gasteiger partial charge in [-0.25, -0.2) is 0 Å². The molecule has 3 unspecified atom stereocenters. The van der Waals surface area contributed by atoms with Crippen molar-refractivity contribution in [3.63, 3.8) is 0 Å². The fourth-order valence-corrected chi connectivity index (χ4v) is 2.94. The minimum absolute atomic E-state index is 0.0836. The van der Waals surface area contributed by atoms with Crippen LogP contribution in [0.2, 0.25) is 0 Å². The van der Waals surface area contributed by atoms with Crippen molar-refractivity contribution >= 4 is 0 Å². The minimum Gasteiger partial charge on any atom is -0.486 e. The van der Waals surface area contributed by atoms with Crippen LogP contribution in [-0.4, -0.2) is 38.0 Å². The highest BCUT2D eigenvalue weighted by atomic mass is 16.6. The third-order valence-corrected chi connectivity index (χ3v) is 4.26. The predicted molar refractivity (Wildman–Crippen MR) is 82.0 cm³/mol. The van der Waals surface area contributed by atoms with Gasteiger partial charge in [0.15, 0.2) is 11.5 Å². The lowest BCUT2D eigenvalue weighted by Crippen LogP contribution is -2.46. The van der Waals surface area contributed by atoms with Gasteiger partial charge in [-0.1, -0.05) is 26.0 Å². The lowest BCUT2D eigenvalue weighted by molar-refractivity contribution is -0.0263. The molecule has 0 aliphatic carbocycles. The topological polar surface area (TPSA) is 39.7 Å². The first-order valence-corrected chi connectivity index (χ1v) is 7.96. The van der Waals surface area contributed by atoms with Gasteiger partial charge in [-0.2, -0.15) is 0 Å². The van der Waals surface area contributed by atoms with E-state index in [-0.39, 0.29) is 6.10 Å². The van der Waals surface area contributed by atoms with E-state index in [1.54, 1.807) is 0 Å². The zero-order valence-corrected chi connectivity index (χ0v) is 12.9. The van der Waals surface area contributed by atoms with Crippen LogP contribution in [0.1, 0.15) is 26.7 Å². The predicted octanol–water partition coefficient (Wildman–Crippen LogP) is 2.62. The smallest absolute Gasteiger partial charge is 0.161 e. The first-order valence-electron chi connectivity index (χ1n) is 7.96. The zero-order valence-electron chi connectivity index (χ0n) is 12.9. The molecular weight excluding hydrogens is 266 g/mol. The standard InChI is InChI=1S/C17H25NO3/c1-12(2)17-9-13(7-8-19-17)18-10-14-11-20-15-5-3-4-6-16(15)21-14/h3-6,12-14,17-18H,7-11H2,1-2H3. The largest absolute Gasteiger partial charge is 0.486 e. The quantitative estimate of drug-likeness (QED) is 0.925. The lowest BCUT2D eigenvalue weighted by atomic mass is 9.95. The molecule has 4 heteroatoms. The van der Waals surface area contributed by atoms with Crippen molar-refractivity contribution in [2.75, 3.05) is 19.8 Å². The summed E-state index contributed by atoms with van der Waals surface area (Å²) in [6.07, 6.45) is 2.62. The van der Waals surface area contributed by atoms with Crippen LogP contribution in [0.4, 0.5) is 0 Å². The summed E-state index contributed by atoms with van der Waals surface area (Å²) in [5.74, 6) is 2.28. The van der Waals surface area contributed by atoms with Gasteiger partial charge < -0.3 is 19.5 Å². The van der Waals surface area contributed by atoms with Crippen molar-refractivity contribution < 1.29 is 14.2 Å². The van der Waals surface area contributed by atoms with Crippen molar-refractivity contribution in [2.45, 2.75) is 44.9 Å². The number of hydrogen-bond acceptors (Lipinski definition) is 4. The molecule has 3 atom stereocenters. The van der Waals surface area contributed by atoms with Crippen LogP contribution >= 0.6 is 0 Å². The number of nitrogens with one attached hydrogen (secondary N) is 1. The van der Waals surface area contributed by atoms with Crippen molar-refractivity contribution in [1.82, 2.24) is 5.32 Å². The average molecular weight is 291 g/mol. The van der Waals surface area contributed by atoms with Gasteiger partial charge in [-0.3, -0.25) is 0 Å². The average Bonchev–Trinajstić information content (AvgIpc) is 2.53. The van der Waals surface area contributed by atoms with Crippen LogP contribution < -0.4 is 14.8 Å². The zero-order chi connectivity index (χ0) is 14.7. The summed E-state index contributed by atoms with van der Waals surface area (Å²) in [6.45, 7) is 6.74. The van der Waals surface area contributed by atoms with Gasteiger partial charge in [0.1, 0.15) is 12.7 Å². The molecule has 1 aromatic rings. The molecule has 1 N–H and O–H groups in total. The summed E-state index contributed by atoms with van der Waals surface area (Å²) in [7, 11) is 0. The molecule has 2 heterocycles. The van der Waals surface area contributed by atoms with Crippen molar-refractivity contribution in [3.05, 3.63) is 24.3 Å². The van der Waals surface area contributed by atoms with Crippen LogP contribution in [-0.2, 0) is 4.74 Å². The molecule has 3 rings (SSSR count). The fraction of sp³-hybridized carbons (Fsp3) is 0.647. The summed E-state index contributed by atoms with van der Waals surface area (Å²) in [4.78, 5) is 0. The molecule has 2 aliphatic heterocycles. The highest BCUT2D eigenvalue weighted by molar-refractivity contribution is 5.40. The molecule has 4 nitrogen and oxygen atoms in total.